The van der Waals surface area contributed by atoms with E-state index in [1.54, 1.807) is 13.8 Å². The van der Waals surface area contributed by atoms with E-state index in [-0.39, 0.29) is 23.5 Å². The zero-order chi connectivity index (χ0) is 21.0. The summed E-state index contributed by atoms with van der Waals surface area (Å²) in [7, 11) is 0. The van der Waals surface area contributed by atoms with Gasteiger partial charge in [-0.15, -0.1) is 11.3 Å². The molecule has 1 aliphatic heterocycles. The molecule has 1 aliphatic rings. The Labute approximate surface area is 174 Å². The summed E-state index contributed by atoms with van der Waals surface area (Å²) in [5.41, 5.74) is 2.91. The minimum Gasteiger partial charge on any atom is -0.325 e. The van der Waals surface area contributed by atoms with E-state index >= 15 is 0 Å². The summed E-state index contributed by atoms with van der Waals surface area (Å²) in [6, 6.07) is 1.94. The third-order valence-electron chi connectivity index (χ3n) is 5.45. The number of H-pyrrole nitrogens is 1. The molecule has 2 aromatic heterocycles. The van der Waals surface area contributed by atoms with Crippen molar-refractivity contribution in [2.24, 2.45) is 5.92 Å². The van der Waals surface area contributed by atoms with Crippen molar-refractivity contribution < 1.29 is 4.79 Å². The minimum atomic E-state index is -0.380. The van der Waals surface area contributed by atoms with E-state index in [1.807, 2.05) is 11.4 Å². The zero-order valence-electron chi connectivity index (χ0n) is 17.2. The Morgan fingerprint density at radius 1 is 1.48 bits per heavy atom. The van der Waals surface area contributed by atoms with Gasteiger partial charge in [-0.25, -0.2) is 4.98 Å². The van der Waals surface area contributed by atoms with Crippen LogP contribution in [0.2, 0.25) is 0 Å². The number of thiazole rings is 1. The third kappa shape index (κ3) is 5.31. The second kappa shape index (κ2) is 9.33. The fourth-order valence-corrected chi connectivity index (χ4v) is 4.65. The smallest absolute Gasteiger partial charge is 0.266 e. The zero-order valence-corrected chi connectivity index (χ0v) is 18.0. The van der Waals surface area contributed by atoms with E-state index in [0.717, 1.165) is 36.8 Å². The van der Waals surface area contributed by atoms with Crippen LogP contribution in [0.1, 0.15) is 54.3 Å². The highest BCUT2D eigenvalue weighted by Gasteiger charge is 2.18. The molecule has 1 atom stereocenters. The number of nitrogens with one attached hydrogen (secondary N) is 2. The van der Waals surface area contributed by atoms with Gasteiger partial charge in [0.25, 0.3) is 5.56 Å². The molecular weight excluding hydrogens is 386 g/mol. The van der Waals surface area contributed by atoms with Gasteiger partial charge in [0, 0.05) is 30.6 Å². The Morgan fingerprint density at radius 3 is 3.00 bits per heavy atom. The van der Waals surface area contributed by atoms with Crippen LogP contribution in [0.4, 0.5) is 5.13 Å². The van der Waals surface area contributed by atoms with Crippen LogP contribution in [0.25, 0.3) is 0 Å². The van der Waals surface area contributed by atoms with Gasteiger partial charge < -0.3 is 10.3 Å². The van der Waals surface area contributed by atoms with Crippen molar-refractivity contribution in [3.63, 3.8) is 0 Å². The molecule has 0 spiro atoms. The first kappa shape index (κ1) is 21.2. The Kier molecular flexibility index (Phi) is 6.83. The number of anilines is 1. The second-order valence-electron chi connectivity index (χ2n) is 7.84. The number of likely N-dealkylation sites (tertiary alicyclic amines) is 1. The third-order valence-corrected chi connectivity index (χ3v) is 6.25. The number of nitriles is 1. The number of carbonyl (C=O) groups excluding carboxylic acids is 1. The molecule has 3 rings (SSSR count). The van der Waals surface area contributed by atoms with Gasteiger partial charge in [-0.05, 0) is 56.7 Å². The SMILES string of the molecule is Cc1[nH]c(=O)c(C#N)c(C)c1CCC(=O)Nc1nc(CN2CCC[C@@H](C)C2)cs1. The average Bonchev–Trinajstić information content (AvgIpc) is 3.08. The van der Waals surface area contributed by atoms with Crippen LogP contribution >= 0.6 is 11.3 Å². The maximum atomic E-state index is 12.4. The number of piperidine rings is 1. The van der Waals surface area contributed by atoms with Crippen molar-refractivity contribution in [2.45, 2.75) is 53.0 Å². The number of aromatic amines is 1. The van der Waals surface area contributed by atoms with Crippen LogP contribution < -0.4 is 10.9 Å². The number of carbonyl (C=O) groups is 1. The van der Waals surface area contributed by atoms with Gasteiger partial charge in [0.05, 0.1) is 5.69 Å². The Bertz CT molecular complexity index is 988. The van der Waals surface area contributed by atoms with Gasteiger partial charge in [-0.1, -0.05) is 6.92 Å². The molecule has 7 nitrogen and oxygen atoms in total. The second-order valence-corrected chi connectivity index (χ2v) is 8.70. The predicted octanol–water partition coefficient (Wildman–Crippen LogP) is 3.12. The molecule has 0 radical (unpaired) electrons. The number of aryl methyl sites for hydroxylation is 1. The fraction of sp³-hybridized carbons (Fsp3) is 0.524. The molecule has 3 heterocycles. The van der Waals surface area contributed by atoms with Gasteiger partial charge in [-0.2, -0.15) is 5.26 Å². The monoisotopic (exact) mass is 413 g/mol. The van der Waals surface area contributed by atoms with E-state index in [0.29, 0.717) is 22.8 Å². The maximum absolute atomic E-state index is 12.4. The van der Waals surface area contributed by atoms with Crippen LogP contribution in [0.5, 0.6) is 0 Å². The molecule has 8 heteroatoms. The average molecular weight is 414 g/mol. The molecule has 1 fully saturated rings. The number of hydrogen-bond acceptors (Lipinski definition) is 6. The van der Waals surface area contributed by atoms with Gasteiger partial charge in [-0.3, -0.25) is 14.5 Å². The number of hydrogen-bond donors (Lipinski definition) is 2. The molecule has 2 aromatic rings. The Morgan fingerprint density at radius 2 is 2.28 bits per heavy atom. The van der Waals surface area contributed by atoms with Crippen molar-refractivity contribution in [3.05, 3.63) is 43.8 Å². The first-order valence-electron chi connectivity index (χ1n) is 9.96. The highest BCUT2D eigenvalue weighted by Crippen LogP contribution is 2.21. The van der Waals surface area contributed by atoms with E-state index in [9.17, 15) is 9.59 Å². The molecule has 0 aliphatic carbocycles. The number of nitrogens with zero attached hydrogens (tertiary/aromatic N) is 3. The predicted molar refractivity (Wildman–Crippen MR) is 114 cm³/mol. The molecule has 1 amide bonds. The number of aromatic nitrogens is 2. The Hall–Kier alpha value is -2.50. The van der Waals surface area contributed by atoms with Crippen molar-refractivity contribution in [1.82, 2.24) is 14.9 Å². The first-order chi connectivity index (χ1) is 13.9. The fourth-order valence-electron chi connectivity index (χ4n) is 3.94. The van der Waals surface area contributed by atoms with Crippen molar-refractivity contribution in [1.29, 1.82) is 5.26 Å². The van der Waals surface area contributed by atoms with Gasteiger partial charge >= 0.3 is 0 Å². The molecule has 0 unspecified atom stereocenters. The van der Waals surface area contributed by atoms with Crippen LogP contribution in [0, 0.1) is 31.1 Å². The summed E-state index contributed by atoms with van der Waals surface area (Å²) < 4.78 is 0. The summed E-state index contributed by atoms with van der Waals surface area (Å²) in [4.78, 5) is 33.9. The standard InChI is InChI=1S/C21H27N5O2S/c1-13-5-4-8-26(10-13)11-16-12-29-21(24-16)25-19(27)7-6-17-14(2)18(9-22)20(28)23-15(17)3/h12-13H,4-8,10-11H2,1-3H3,(H,23,28)(H,24,25,27)/t13-/m1/s1. The molecular formula is C21H27N5O2S. The molecule has 29 heavy (non-hydrogen) atoms. The summed E-state index contributed by atoms with van der Waals surface area (Å²) >= 11 is 1.44. The van der Waals surface area contributed by atoms with E-state index in [2.05, 4.69) is 27.1 Å². The van der Waals surface area contributed by atoms with Gasteiger partial charge in [0.2, 0.25) is 5.91 Å². The highest BCUT2D eigenvalue weighted by molar-refractivity contribution is 7.13. The Balaban J connectivity index is 1.56. The molecule has 154 valence electrons. The highest BCUT2D eigenvalue weighted by atomic mass is 32.1. The number of amides is 1. The molecule has 0 saturated carbocycles. The lowest BCUT2D eigenvalue weighted by molar-refractivity contribution is -0.116. The van der Waals surface area contributed by atoms with E-state index < -0.39 is 0 Å². The topological polar surface area (TPSA) is 102 Å². The van der Waals surface area contributed by atoms with Crippen LogP contribution in [-0.2, 0) is 17.8 Å². The van der Waals surface area contributed by atoms with Crippen molar-refractivity contribution >= 4 is 22.4 Å². The van der Waals surface area contributed by atoms with Gasteiger partial charge in [0.15, 0.2) is 5.13 Å². The number of pyridine rings is 1. The van der Waals surface area contributed by atoms with Crippen LogP contribution in [-0.4, -0.2) is 33.9 Å². The summed E-state index contributed by atoms with van der Waals surface area (Å²) in [5.74, 6) is 0.601. The maximum Gasteiger partial charge on any atom is 0.266 e. The first-order valence-corrected chi connectivity index (χ1v) is 10.8. The van der Waals surface area contributed by atoms with Crippen molar-refractivity contribution in [2.75, 3.05) is 18.4 Å². The van der Waals surface area contributed by atoms with Gasteiger partial charge in [0.1, 0.15) is 11.6 Å². The van der Waals surface area contributed by atoms with E-state index in [1.165, 1.54) is 24.2 Å². The summed E-state index contributed by atoms with van der Waals surface area (Å²) in [6.07, 6.45) is 3.24. The van der Waals surface area contributed by atoms with Crippen LogP contribution in [0.15, 0.2) is 10.2 Å². The lowest BCUT2D eigenvalue weighted by atomic mass is 9.99. The molecule has 0 bridgehead atoms. The lowest BCUT2D eigenvalue weighted by Crippen LogP contribution is -2.33. The van der Waals surface area contributed by atoms with E-state index in [4.69, 9.17) is 5.26 Å². The summed E-state index contributed by atoms with van der Waals surface area (Å²) in [6.45, 7) is 8.85. The van der Waals surface area contributed by atoms with Crippen molar-refractivity contribution in [3.8, 4) is 6.07 Å². The quantitative estimate of drug-likeness (QED) is 0.757. The molecule has 1 saturated heterocycles. The lowest BCUT2D eigenvalue weighted by Gasteiger charge is -2.30. The minimum absolute atomic E-state index is 0.114. The number of rotatable bonds is 6. The van der Waals surface area contributed by atoms with Crippen LogP contribution in [0.3, 0.4) is 0 Å². The summed E-state index contributed by atoms with van der Waals surface area (Å²) in [5, 5.41) is 14.6. The largest absolute Gasteiger partial charge is 0.325 e. The molecule has 2 N–H and O–H groups in total. The molecule has 0 aromatic carbocycles. The normalized spacial score (nSPS) is 17.1.